The maximum Gasteiger partial charge on any atom is 0.417 e. The minimum absolute atomic E-state index is 0.0932. The summed E-state index contributed by atoms with van der Waals surface area (Å²) in [6.07, 6.45) is -1.90. The molecule has 3 rings (SSSR count). The average Bonchev–Trinajstić information content (AvgIpc) is 3.07. The Morgan fingerprint density at radius 2 is 1.88 bits per heavy atom. The van der Waals surface area contributed by atoms with Crippen molar-refractivity contribution < 1.29 is 18.0 Å². The summed E-state index contributed by atoms with van der Waals surface area (Å²) in [5.74, 6) is -0.628. The molecule has 10 heteroatoms. The standard InChI is InChI=1S/C16H9Cl2F3N4O/c17-11-2-1-3-13(25-8-22-7-23-25)14(11)15(26)24-9-4-5-10(12(18)6-9)16(19,20)21/h1-8H,(H,24,26). The Kier molecular flexibility index (Phi) is 4.88. The molecule has 1 amide bonds. The number of hydrogen-bond acceptors (Lipinski definition) is 3. The summed E-state index contributed by atoms with van der Waals surface area (Å²) < 4.78 is 39.6. The zero-order chi connectivity index (χ0) is 18.9. The lowest BCUT2D eigenvalue weighted by Crippen LogP contribution is -2.16. The molecule has 0 bridgehead atoms. The molecule has 0 radical (unpaired) electrons. The van der Waals surface area contributed by atoms with Gasteiger partial charge < -0.3 is 5.32 Å². The summed E-state index contributed by atoms with van der Waals surface area (Å²) in [5, 5.41) is 6.06. The number of alkyl halides is 3. The fourth-order valence-electron chi connectivity index (χ4n) is 2.28. The van der Waals surface area contributed by atoms with Crippen LogP contribution in [0.15, 0.2) is 49.1 Å². The van der Waals surface area contributed by atoms with E-state index < -0.39 is 22.7 Å². The second-order valence-electron chi connectivity index (χ2n) is 5.12. The summed E-state index contributed by atoms with van der Waals surface area (Å²) >= 11 is 11.8. The number of carbonyl (C=O) groups excluding carboxylic acids is 1. The Bertz CT molecular complexity index is 959. The molecular weight excluding hydrogens is 392 g/mol. The van der Waals surface area contributed by atoms with Crippen LogP contribution in [0.2, 0.25) is 10.0 Å². The number of hydrogen-bond donors (Lipinski definition) is 1. The molecule has 0 unspecified atom stereocenters. The van der Waals surface area contributed by atoms with Gasteiger partial charge in [0.2, 0.25) is 0 Å². The number of halogens is 5. The van der Waals surface area contributed by atoms with Crippen LogP contribution in [0.25, 0.3) is 5.69 Å². The minimum atomic E-state index is -4.58. The Morgan fingerprint density at radius 1 is 1.12 bits per heavy atom. The number of carbonyl (C=O) groups is 1. The molecule has 0 aliphatic heterocycles. The smallest absolute Gasteiger partial charge is 0.322 e. The molecule has 26 heavy (non-hydrogen) atoms. The van der Waals surface area contributed by atoms with Gasteiger partial charge in [-0.2, -0.15) is 18.3 Å². The van der Waals surface area contributed by atoms with Crippen LogP contribution in [0.3, 0.4) is 0 Å². The summed E-state index contributed by atoms with van der Waals surface area (Å²) in [7, 11) is 0. The minimum Gasteiger partial charge on any atom is -0.322 e. The van der Waals surface area contributed by atoms with Gasteiger partial charge >= 0.3 is 6.18 Å². The second-order valence-corrected chi connectivity index (χ2v) is 5.93. The number of anilines is 1. The second kappa shape index (κ2) is 6.97. The Labute approximate surface area is 155 Å². The third kappa shape index (κ3) is 3.66. The van der Waals surface area contributed by atoms with Crippen LogP contribution in [-0.4, -0.2) is 20.7 Å². The van der Waals surface area contributed by atoms with Crippen molar-refractivity contribution in [3.8, 4) is 5.69 Å². The van der Waals surface area contributed by atoms with Crippen LogP contribution in [0.1, 0.15) is 15.9 Å². The SMILES string of the molecule is O=C(Nc1ccc(C(F)(F)F)c(Cl)c1)c1c(Cl)cccc1-n1cncn1. The Balaban J connectivity index is 1.94. The lowest BCUT2D eigenvalue weighted by atomic mass is 10.1. The molecule has 0 saturated carbocycles. The molecule has 1 heterocycles. The van der Waals surface area contributed by atoms with Gasteiger partial charge in [-0.05, 0) is 30.3 Å². The molecular formula is C16H9Cl2F3N4O. The number of amides is 1. The summed E-state index contributed by atoms with van der Waals surface area (Å²) in [6, 6.07) is 7.67. The van der Waals surface area contributed by atoms with E-state index in [0.29, 0.717) is 5.69 Å². The van der Waals surface area contributed by atoms with Crippen molar-refractivity contribution in [2.45, 2.75) is 6.18 Å². The van der Waals surface area contributed by atoms with Crippen LogP contribution in [0, 0.1) is 0 Å². The van der Waals surface area contributed by atoms with E-state index in [-0.39, 0.29) is 16.3 Å². The average molecular weight is 401 g/mol. The van der Waals surface area contributed by atoms with E-state index in [9.17, 15) is 18.0 Å². The van der Waals surface area contributed by atoms with E-state index in [1.54, 1.807) is 12.1 Å². The van der Waals surface area contributed by atoms with Crippen LogP contribution >= 0.6 is 23.2 Å². The van der Waals surface area contributed by atoms with E-state index in [1.165, 1.54) is 23.4 Å². The largest absolute Gasteiger partial charge is 0.417 e. The number of benzene rings is 2. The highest BCUT2D eigenvalue weighted by Gasteiger charge is 2.33. The molecule has 3 aromatic rings. The van der Waals surface area contributed by atoms with E-state index in [0.717, 1.165) is 18.2 Å². The maximum atomic E-state index is 12.8. The quantitative estimate of drug-likeness (QED) is 0.683. The van der Waals surface area contributed by atoms with Gasteiger partial charge in [-0.1, -0.05) is 29.3 Å². The first-order chi connectivity index (χ1) is 12.3. The molecule has 2 aromatic carbocycles. The number of nitrogens with zero attached hydrogens (tertiary/aromatic N) is 3. The highest BCUT2D eigenvalue weighted by atomic mass is 35.5. The zero-order valence-electron chi connectivity index (χ0n) is 12.8. The fourth-order valence-corrected chi connectivity index (χ4v) is 2.82. The molecule has 1 N–H and O–H groups in total. The Morgan fingerprint density at radius 3 is 2.50 bits per heavy atom. The normalized spacial score (nSPS) is 11.4. The molecule has 0 fully saturated rings. The van der Waals surface area contributed by atoms with Crippen molar-refractivity contribution in [1.29, 1.82) is 0 Å². The van der Waals surface area contributed by atoms with Crippen molar-refractivity contribution in [3.05, 3.63) is 70.2 Å². The molecule has 1 aromatic heterocycles. The fraction of sp³-hybridized carbons (Fsp3) is 0.0625. The van der Waals surface area contributed by atoms with Crippen LogP contribution in [0.4, 0.5) is 18.9 Å². The lowest BCUT2D eigenvalue weighted by molar-refractivity contribution is -0.137. The molecule has 134 valence electrons. The van der Waals surface area contributed by atoms with Crippen molar-refractivity contribution in [1.82, 2.24) is 14.8 Å². The van der Waals surface area contributed by atoms with Crippen molar-refractivity contribution in [2.24, 2.45) is 0 Å². The predicted molar refractivity (Wildman–Crippen MR) is 90.8 cm³/mol. The van der Waals surface area contributed by atoms with Crippen molar-refractivity contribution in [3.63, 3.8) is 0 Å². The monoisotopic (exact) mass is 400 g/mol. The van der Waals surface area contributed by atoms with Gasteiger partial charge in [-0.15, -0.1) is 0 Å². The molecule has 0 saturated heterocycles. The van der Waals surface area contributed by atoms with Gasteiger partial charge in [0.25, 0.3) is 5.91 Å². The van der Waals surface area contributed by atoms with E-state index in [1.807, 2.05) is 0 Å². The highest BCUT2D eigenvalue weighted by molar-refractivity contribution is 6.35. The number of nitrogens with one attached hydrogen (secondary N) is 1. The van der Waals surface area contributed by atoms with E-state index >= 15 is 0 Å². The van der Waals surface area contributed by atoms with Gasteiger partial charge in [-0.25, -0.2) is 9.67 Å². The zero-order valence-corrected chi connectivity index (χ0v) is 14.3. The summed E-state index contributed by atoms with van der Waals surface area (Å²) in [4.78, 5) is 16.4. The lowest BCUT2D eigenvalue weighted by Gasteiger charge is -2.13. The van der Waals surface area contributed by atoms with Gasteiger partial charge in [-0.3, -0.25) is 4.79 Å². The van der Waals surface area contributed by atoms with Crippen LogP contribution in [0.5, 0.6) is 0 Å². The topological polar surface area (TPSA) is 59.8 Å². The molecule has 0 atom stereocenters. The first kappa shape index (κ1) is 18.2. The summed E-state index contributed by atoms with van der Waals surface area (Å²) in [6.45, 7) is 0. The first-order valence-electron chi connectivity index (χ1n) is 7.09. The predicted octanol–water partition coefficient (Wildman–Crippen LogP) is 4.85. The molecule has 5 nitrogen and oxygen atoms in total. The van der Waals surface area contributed by atoms with Crippen molar-refractivity contribution >= 4 is 34.8 Å². The summed E-state index contributed by atoms with van der Waals surface area (Å²) in [5.41, 5.74) is -0.433. The number of aromatic nitrogens is 3. The third-order valence-corrected chi connectivity index (χ3v) is 4.04. The first-order valence-corrected chi connectivity index (χ1v) is 7.84. The van der Waals surface area contributed by atoms with Gasteiger partial charge in [0.05, 0.1) is 26.9 Å². The van der Waals surface area contributed by atoms with Gasteiger partial charge in [0, 0.05) is 5.69 Å². The van der Waals surface area contributed by atoms with Gasteiger partial charge in [0.15, 0.2) is 0 Å². The Hall–Kier alpha value is -2.58. The van der Waals surface area contributed by atoms with E-state index in [4.69, 9.17) is 23.2 Å². The molecule has 0 aliphatic carbocycles. The molecule has 0 spiro atoms. The van der Waals surface area contributed by atoms with Crippen molar-refractivity contribution in [2.75, 3.05) is 5.32 Å². The van der Waals surface area contributed by atoms with Crippen LogP contribution in [-0.2, 0) is 6.18 Å². The maximum absolute atomic E-state index is 12.8. The van der Waals surface area contributed by atoms with Crippen LogP contribution < -0.4 is 5.32 Å². The third-order valence-electron chi connectivity index (χ3n) is 3.42. The highest BCUT2D eigenvalue weighted by Crippen LogP contribution is 2.36. The molecule has 0 aliphatic rings. The van der Waals surface area contributed by atoms with E-state index in [2.05, 4.69) is 15.4 Å². The number of rotatable bonds is 3. The van der Waals surface area contributed by atoms with Gasteiger partial charge in [0.1, 0.15) is 12.7 Å².